The lowest BCUT2D eigenvalue weighted by atomic mass is 9.69. The van der Waals surface area contributed by atoms with Gasteiger partial charge in [0.25, 0.3) is 0 Å². The average molecular weight is 674 g/mol. The highest BCUT2D eigenvalue weighted by Gasteiger charge is 2.52. The van der Waals surface area contributed by atoms with Gasteiger partial charge in [0.2, 0.25) is 0 Å². The fraction of sp³-hybridized carbons (Fsp3) is 0.0196. The number of anilines is 3. The molecule has 9 aromatic carbocycles. The van der Waals surface area contributed by atoms with E-state index in [-0.39, 0.29) is 0 Å². The van der Waals surface area contributed by atoms with Gasteiger partial charge in [0.1, 0.15) is 11.2 Å². The van der Waals surface area contributed by atoms with Gasteiger partial charge in [0.05, 0.1) is 16.5 Å². The van der Waals surface area contributed by atoms with E-state index in [2.05, 4.69) is 187 Å². The molecule has 0 saturated heterocycles. The Kier molecular flexibility index (Phi) is 5.73. The Bertz CT molecular complexity index is 3090. The van der Waals surface area contributed by atoms with Crippen LogP contribution in [-0.2, 0) is 5.41 Å². The molecule has 0 N–H and O–H groups in total. The average Bonchev–Trinajstić information content (AvgIpc) is 3.85. The normalized spacial score (nSPS) is 13.4. The predicted octanol–water partition coefficient (Wildman–Crippen LogP) is 13.7. The number of furan rings is 1. The maximum atomic E-state index is 6.38. The van der Waals surface area contributed by atoms with E-state index < -0.39 is 5.41 Å². The Balaban J connectivity index is 1.16. The Morgan fingerprint density at radius 1 is 0.377 bits per heavy atom. The van der Waals surface area contributed by atoms with Gasteiger partial charge in [-0.1, -0.05) is 133 Å². The van der Waals surface area contributed by atoms with Crippen molar-refractivity contribution in [3.8, 4) is 22.3 Å². The van der Waals surface area contributed by atoms with E-state index in [1.807, 2.05) is 6.07 Å². The van der Waals surface area contributed by atoms with E-state index in [4.69, 9.17) is 4.42 Å². The molecule has 1 heterocycles. The molecular formula is C51H31NO. The van der Waals surface area contributed by atoms with Crippen LogP contribution in [0.15, 0.2) is 192 Å². The lowest BCUT2D eigenvalue weighted by Crippen LogP contribution is -2.26. The highest BCUT2D eigenvalue weighted by atomic mass is 16.3. The van der Waals surface area contributed by atoms with Crippen LogP contribution in [0, 0.1) is 0 Å². The summed E-state index contributed by atoms with van der Waals surface area (Å²) in [5.74, 6) is 0. The van der Waals surface area contributed by atoms with Gasteiger partial charge >= 0.3 is 0 Å². The topological polar surface area (TPSA) is 16.4 Å². The summed E-state index contributed by atoms with van der Waals surface area (Å²) in [6.07, 6.45) is 0. The molecule has 2 aliphatic carbocycles. The van der Waals surface area contributed by atoms with E-state index in [0.29, 0.717) is 0 Å². The molecule has 1 aromatic heterocycles. The summed E-state index contributed by atoms with van der Waals surface area (Å²) in [6, 6.07) is 69.1. The smallest absolute Gasteiger partial charge is 0.137 e. The van der Waals surface area contributed by atoms with Crippen LogP contribution in [0.4, 0.5) is 17.1 Å². The van der Waals surface area contributed by atoms with Crippen molar-refractivity contribution in [1.29, 1.82) is 0 Å². The summed E-state index contributed by atoms with van der Waals surface area (Å²) in [5.41, 5.74) is 15.4. The molecule has 53 heavy (non-hydrogen) atoms. The Hall–Kier alpha value is -6.90. The first-order chi connectivity index (χ1) is 26.3. The summed E-state index contributed by atoms with van der Waals surface area (Å²) in [6.45, 7) is 0. The van der Waals surface area contributed by atoms with Crippen LogP contribution in [0.25, 0.3) is 65.7 Å². The van der Waals surface area contributed by atoms with Crippen molar-refractivity contribution in [1.82, 2.24) is 0 Å². The second-order valence-corrected chi connectivity index (χ2v) is 14.4. The van der Waals surface area contributed by atoms with Gasteiger partial charge in [0, 0.05) is 16.8 Å². The maximum Gasteiger partial charge on any atom is 0.137 e. The SMILES string of the molecule is c1ccc(N(c2ccc3cc4c(cc3c2)C2(c3ccccc3-c3ccccc32)c2c-4ccc3ccccc23)c2cccc3oc4ccccc4c23)cc1. The van der Waals surface area contributed by atoms with E-state index in [1.54, 1.807) is 0 Å². The number of hydrogen-bond acceptors (Lipinski definition) is 2. The van der Waals surface area contributed by atoms with Gasteiger partial charge in [0.15, 0.2) is 0 Å². The Labute approximate surface area is 306 Å². The van der Waals surface area contributed by atoms with Crippen LogP contribution in [0.1, 0.15) is 22.3 Å². The first-order valence-corrected chi connectivity index (χ1v) is 18.3. The standard InChI is InChI=1S/C51H31NO/c1-2-14-35(15-3-1)52(46-22-12-24-48-49(46)41-19-8-11-23-47(41)53-48)36-27-25-33-30-42-40-28-26-32-13-4-5-16-37(32)50(40)51(45(42)31-34(33)29-36)43-20-9-6-17-38(43)39-18-7-10-21-44(39)51/h1-31H. The van der Waals surface area contributed by atoms with Crippen LogP contribution < -0.4 is 4.90 Å². The number of para-hydroxylation sites is 2. The fourth-order valence-corrected chi connectivity index (χ4v) is 9.73. The summed E-state index contributed by atoms with van der Waals surface area (Å²) in [5, 5.41) is 7.25. The van der Waals surface area contributed by atoms with Crippen molar-refractivity contribution in [3.63, 3.8) is 0 Å². The monoisotopic (exact) mass is 673 g/mol. The molecule has 0 saturated carbocycles. The molecule has 2 aliphatic rings. The highest BCUT2D eigenvalue weighted by molar-refractivity contribution is 6.14. The zero-order chi connectivity index (χ0) is 34.7. The van der Waals surface area contributed by atoms with Crippen molar-refractivity contribution in [2.75, 3.05) is 4.90 Å². The van der Waals surface area contributed by atoms with E-state index in [9.17, 15) is 0 Å². The van der Waals surface area contributed by atoms with Gasteiger partial charge < -0.3 is 9.32 Å². The molecule has 0 bridgehead atoms. The number of hydrogen-bond donors (Lipinski definition) is 0. The number of nitrogens with zero attached hydrogens (tertiary/aromatic N) is 1. The van der Waals surface area contributed by atoms with Crippen LogP contribution in [0.5, 0.6) is 0 Å². The minimum absolute atomic E-state index is 0.441. The van der Waals surface area contributed by atoms with Crippen LogP contribution >= 0.6 is 0 Å². The zero-order valence-corrected chi connectivity index (χ0v) is 28.8. The third kappa shape index (κ3) is 3.77. The fourth-order valence-electron chi connectivity index (χ4n) is 9.73. The van der Waals surface area contributed by atoms with Gasteiger partial charge in [-0.15, -0.1) is 0 Å². The molecule has 10 aromatic rings. The van der Waals surface area contributed by atoms with Crippen molar-refractivity contribution in [2.45, 2.75) is 5.41 Å². The van der Waals surface area contributed by atoms with Crippen LogP contribution in [-0.4, -0.2) is 0 Å². The maximum absolute atomic E-state index is 6.38. The van der Waals surface area contributed by atoms with Crippen molar-refractivity contribution in [3.05, 3.63) is 210 Å². The van der Waals surface area contributed by atoms with Gasteiger partial charge in [-0.2, -0.15) is 0 Å². The molecule has 0 aliphatic heterocycles. The molecule has 0 unspecified atom stereocenters. The summed E-state index contributed by atoms with van der Waals surface area (Å²) < 4.78 is 6.38. The number of benzene rings is 9. The van der Waals surface area contributed by atoms with Crippen molar-refractivity contribution < 1.29 is 4.42 Å². The second kappa shape index (κ2) is 10.6. The summed E-state index contributed by atoms with van der Waals surface area (Å²) >= 11 is 0. The molecule has 2 nitrogen and oxygen atoms in total. The van der Waals surface area contributed by atoms with Gasteiger partial charge in [-0.25, -0.2) is 0 Å². The number of fused-ring (bicyclic) bond motifs is 16. The molecule has 0 fully saturated rings. The minimum Gasteiger partial charge on any atom is -0.456 e. The molecular weight excluding hydrogens is 643 g/mol. The molecule has 12 rings (SSSR count). The third-order valence-corrected chi connectivity index (χ3v) is 11.8. The van der Waals surface area contributed by atoms with Gasteiger partial charge in [-0.3, -0.25) is 0 Å². The largest absolute Gasteiger partial charge is 0.456 e. The second-order valence-electron chi connectivity index (χ2n) is 14.4. The van der Waals surface area contributed by atoms with Crippen molar-refractivity contribution in [2.24, 2.45) is 0 Å². The molecule has 2 heteroatoms. The Morgan fingerprint density at radius 2 is 1.06 bits per heavy atom. The van der Waals surface area contributed by atoms with Crippen LogP contribution in [0.3, 0.4) is 0 Å². The molecule has 0 atom stereocenters. The van der Waals surface area contributed by atoms with E-state index in [1.165, 1.54) is 66.1 Å². The van der Waals surface area contributed by atoms with Crippen LogP contribution in [0.2, 0.25) is 0 Å². The third-order valence-electron chi connectivity index (χ3n) is 11.8. The predicted molar refractivity (Wildman–Crippen MR) is 220 cm³/mol. The zero-order valence-electron chi connectivity index (χ0n) is 28.8. The molecule has 246 valence electrons. The lowest BCUT2D eigenvalue weighted by molar-refractivity contribution is 0.669. The number of rotatable bonds is 3. The molecule has 1 spiro atoms. The van der Waals surface area contributed by atoms with Gasteiger partial charge in [-0.05, 0) is 121 Å². The highest BCUT2D eigenvalue weighted by Crippen LogP contribution is 2.64. The van der Waals surface area contributed by atoms with E-state index in [0.717, 1.165) is 39.0 Å². The minimum atomic E-state index is -0.441. The Morgan fingerprint density at radius 3 is 1.89 bits per heavy atom. The first kappa shape index (κ1) is 28.8. The first-order valence-electron chi connectivity index (χ1n) is 18.3. The van der Waals surface area contributed by atoms with E-state index >= 15 is 0 Å². The summed E-state index contributed by atoms with van der Waals surface area (Å²) in [4.78, 5) is 2.38. The lowest BCUT2D eigenvalue weighted by Gasteiger charge is -2.31. The molecule has 0 radical (unpaired) electrons. The summed E-state index contributed by atoms with van der Waals surface area (Å²) in [7, 11) is 0. The quantitative estimate of drug-likeness (QED) is 0.186. The van der Waals surface area contributed by atoms with Crippen molar-refractivity contribution >= 4 is 60.5 Å². The molecule has 0 amide bonds.